The SMILES string of the molecule is O=C1Cc2cc(-c3cnc4[nH]c(=O)n(CC5CCCCC5)c4n3)ccc2N1. The molecule has 1 aromatic carbocycles. The molecule has 0 radical (unpaired) electrons. The van der Waals surface area contributed by atoms with E-state index in [-0.39, 0.29) is 11.6 Å². The van der Waals surface area contributed by atoms with Gasteiger partial charge >= 0.3 is 5.69 Å². The Kier molecular flexibility index (Phi) is 3.81. The molecule has 1 saturated carbocycles. The number of hydrogen-bond acceptors (Lipinski definition) is 4. The van der Waals surface area contributed by atoms with Gasteiger partial charge in [-0.3, -0.25) is 14.3 Å². The smallest absolute Gasteiger partial charge is 0.326 e. The van der Waals surface area contributed by atoms with E-state index in [0.29, 0.717) is 35.9 Å². The van der Waals surface area contributed by atoms with Crippen molar-refractivity contribution < 1.29 is 4.79 Å². The number of benzene rings is 1. The van der Waals surface area contributed by atoms with Crippen LogP contribution in [0.15, 0.2) is 29.2 Å². The zero-order chi connectivity index (χ0) is 18.4. The van der Waals surface area contributed by atoms with Crippen molar-refractivity contribution in [3.05, 3.63) is 40.4 Å². The molecule has 1 aliphatic carbocycles. The van der Waals surface area contributed by atoms with Gasteiger partial charge in [-0.05, 0) is 36.5 Å². The van der Waals surface area contributed by atoms with Gasteiger partial charge in [0.1, 0.15) is 0 Å². The highest BCUT2D eigenvalue weighted by Gasteiger charge is 2.20. The third-order valence-electron chi connectivity index (χ3n) is 5.67. The zero-order valence-corrected chi connectivity index (χ0v) is 15.0. The van der Waals surface area contributed by atoms with Crippen molar-refractivity contribution in [1.29, 1.82) is 0 Å². The van der Waals surface area contributed by atoms with Crippen molar-refractivity contribution in [1.82, 2.24) is 19.5 Å². The van der Waals surface area contributed by atoms with Crippen LogP contribution < -0.4 is 11.0 Å². The summed E-state index contributed by atoms with van der Waals surface area (Å²) >= 11 is 0. The minimum absolute atomic E-state index is 0.00985. The van der Waals surface area contributed by atoms with E-state index in [1.54, 1.807) is 10.8 Å². The van der Waals surface area contributed by atoms with Crippen LogP contribution in [0.3, 0.4) is 0 Å². The van der Waals surface area contributed by atoms with Gasteiger partial charge in [-0.2, -0.15) is 0 Å². The third kappa shape index (κ3) is 2.93. The fourth-order valence-corrected chi connectivity index (χ4v) is 4.25. The topological polar surface area (TPSA) is 92.7 Å². The highest BCUT2D eigenvalue weighted by Crippen LogP contribution is 2.29. The number of amides is 1. The van der Waals surface area contributed by atoms with Gasteiger partial charge in [0.05, 0.1) is 18.3 Å². The van der Waals surface area contributed by atoms with Crippen LogP contribution in [0, 0.1) is 5.92 Å². The highest BCUT2D eigenvalue weighted by molar-refractivity contribution is 5.99. The molecule has 1 aliphatic heterocycles. The Balaban J connectivity index is 1.53. The second kappa shape index (κ2) is 6.33. The van der Waals surface area contributed by atoms with Gasteiger partial charge in [-0.25, -0.2) is 14.8 Å². The number of H-pyrrole nitrogens is 1. The number of carbonyl (C=O) groups is 1. The van der Waals surface area contributed by atoms with Crippen LogP contribution in [0.1, 0.15) is 37.7 Å². The molecule has 2 N–H and O–H groups in total. The molecule has 138 valence electrons. The quantitative estimate of drug-likeness (QED) is 0.748. The van der Waals surface area contributed by atoms with Crippen LogP contribution in [0.25, 0.3) is 22.6 Å². The molecule has 0 unspecified atom stereocenters. The number of fused-ring (bicyclic) bond motifs is 2. The van der Waals surface area contributed by atoms with Gasteiger partial charge in [0.25, 0.3) is 0 Å². The van der Waals surface area contributed by atoms with E-state index >= 15 is 0 Å². The number of hydrogen-bond donors (Lipinski definition) is 2. The van der Waals surface area contributed by atoms with E-state index in [9.17, 15) is 9.59 Å². The van der Waals surface area contributed by atoms with Crippen molar-refractivity contribution in [2.45, 2.75) is 45.1 Å². The first-order valence-corrected chi connectivity index (χ1v) is 9.56. The Labute approximate surface area is 155 Å². The fourth-order valence-electron chi connectivity index (χ4n) is 4.25. The maximum absolute atomic E-state index is 12.4. The maximum Gasteiger partial charge on any atom is 0.328 e. The summed E-state index contributed by atoms with van der Waals surface area (Å²) < 4.78 is 1.74. The number of aromatic amines is 1. The Morgan fingerprint density at radius 1 is 1.15 bits per heavy atom. The monoisotopic (exact) mass is 363 g/mol. The van der Waals surface area contributed by atoms with Crippen LogP contribution in [0.5, 0.6) is 0 Å². The number of nitrogens with one attached hydrogen (secondary N) is 2. The largest absolute Gasteiger partial charge is 0.328 e. The third-order valence-corrected chi connectivity index (χ3v) is 5.67. The Morgan fingerprint density at radius 2 is 2.00 bits per heavy atom. The second-order valence-corrected chi connectivity index (χ2v) is 7.57. The lowest BCUT2D eigenvalue weighted by Gasteiger charge is -2.21. The highest BCUT2D eigenvalue weighted by atomic mass is 16.2. The van der Waals surface area contributed by atoms with Gasteiger partial charge in [0.15, 0.2) is 11.3 Å². The summed E-state index contributed by atoms with van der Waals surface area (Å²) in [5.74, 6) is 0.536. The van der Waals surface area contributed by atoms with E-state index < -0.39 is 0 Å². The molecule has 7 heteroatoms. The first kappa shape index (κ1) is 16.2. The normalized spacial score (nSPS) is 17.3. The minimum Gasteiger partial charge on any atom is -0.326 e. The molecule has 2 aromatic heterocycles. The predicted molar refractivity (Wildman–Crippen MR) is 102 cm³/mol. The standard InChI is InChI=1S/C20H21N5O2/c26-17-9-14-8-13(6-7-15(14)22-17)16-10-21-18-19(23-16)25(20(27)24-18)11-12-4-2-1-3-5-12/h6-8,10,12H,1-5,9,11H2,(H,22,26)(H,21,24,27). The fraction of sp³-hybridized carbons (Fsp3) is 0.400. The first-order valence-electron chi connectivity index (χ1n) is 9.56. The summed E-state index contributed by atoms with van der Waals surface area (Å²) in [6.45, 7) is 0.694. The summed E-state index contributed by atoms with van der Waals surface area (Å²) in [5.41, 5.74) is 4.42. The Morgan fingerprint density at radius 3 is 2.85 bits per heavy atom. The molecule has 1 fully saturated rings. The Hall–Kier alpha value is -2.96. The molecule has 5 rings (SSSR count). The van der Waals surface area contributed by atoms with E-state index in [0.717, 1.165) is 29.7 Å². The van der Waals surface area contributed by atoms with Gasteiger partial charge < -0.3 is 5.32 Å². The minimum atomic E-state index is -0.142. The molecule has 27 heavy (non-hydrogen) atoms. The van der Waals surface area contributed by atoms with Gasteiger partial charge in [-0.1, -0.05) is 25.3 Å². The van der Waals surface area contributed by atoms with Crippen molar-refractivity contribution in [3.63, 3.8) is 0 Å². The van der Waals surface area contributed by atoms with Gasteiger partial charge in [0, 0.05) is 17.8 Å². The number of rotatable bonds is 3. The average Bonchev–Trinajstić information content (AvgIpc) is 3.20. The number of nitrogens with zero attached hydrogens (tertiary/aromatic N) is 3. The number of aromatic nitrogens is 4. The summed E-state index contributed by atoms with van der Waals surface area (Å²) in [7, 11) is 0. The van der Waals surface area contributed by atoms with Crippen LogP contribution >= 0.6 is 0 Å². The van der Waals surface area contributed by atoms with Crippen LogP contribution in [0.4, 0.5) is 5.69 Å². The molecule has 0 atom stereocenters. The molecule has 3 heterocycles. The lowest BCUT2D eigenvalue weighted by atomic mass is 9.89. The maximum atomic E-state index is 12.4. The van der Waals surface area contributed by atoms with E-state index in [2.05, 4.69) is 15.3 Å². The number of imidazole rings is 1. The van der Waals surface area contributed by atoms with Crippen LogP contribution in [-0.2, 0) is 17.8 Å². The molecule has 0 bridgehead atoms. The number of anilines is 1. The summed E-state index contributed by atoms with van der Waals surface area (Å²) in [4.78, 5) is 36.0. The summed E-state index contributed by atoms with van der Waals surface area (Å²) in [6, 6.07) is 5.80. The lowest BCUT2D eigenvalue weighted by Crippen LogP contribution is -2.23. The van der Waals surface area contributed by atoms with Crippen LogP contribution in [0.2, 0.25) is 0 Å². The average molecular weight is 363 g/mol. The molecular formula is C20H21N5O2. The molecule has 2 aliphatic rings. The molecule has 0 saturated heterocycles. The molecule has 0 spiro atoms. The Bertz CT molecular complexity index is 1090. The second-order valence-electron chi connectivity index (χ2n) is 7.57. The molecule has 7 nitrogen and oxygen atoms in total. The van der Waals surface area contributed by atoms with Gasteiger partial charge in [0.2, 0.25) is 5.91 Å². The molecule has 1 amide bonds. The summed E-state index contributed by atoms with van der Waals surface area (Å²) in [5, 5.41) is 2.84. The summed E-state index contributed by atoms with van der Waals surface area (Å²) in [6.07, 6.45) is 8.15. The van der Waals surface area contributed by atoms with E-state index in [1.165, 1.54) is 19.3 Å². The van der Waals surface area contributed by atoms with E-state index in [1.807, 2.05) is 18.2 Å². The molecule has 3 aromatic rings. The lowest BCUT2D eigenvalue weighted by molar-refractivity contribution is -0.115. The van der Waals surface area contributed by atoms with Crippen molar-refractivity contribution >= 4 is 22.9 Å². The van der Waals surface area contributed by atoms with Gasteiger partial charge in [-0.15, -0.1) is 0 Å². The molecular weight excluding hydrogens is 342 g/mol. The van der Waals surface area contributed by atoms with Crippen molar-refractivity contribution in [3.8, 4) is 11.3 Å². The number of carbonyl (C=O) groups excluding carboxylic acids is 1. The zero-order valence-electron chi connectivity index (χ0n) is 15.0. The van der Waals surface area contributed by atoms with E-state index in [4.69, 9.17) is 4.98 Å². The van der Waals surface area contributed by atoms with Crippen LogP contribution in [-0.4, -0.2) is 25.4 Å². The predicted octanol–water partition coefficient (Wildman–Crippen LogP) is 2.86. The van der Waals surface area contributed by atoms with Crippen molar-refractivity contribution in [2.75, 3.05) is 5.32 Å². The van der Waals surface area contributed by atoms with Crippen molar-refractivity contribution in [2.24, 2.45) is 5.92 Å². The first-order chi connectivity index (χ1) is 13.2.